The van der Waals surface area contributed by atoms with Gasteiger partial charge in [-0.3, -0.25) is 0 Å². The van der Waals surface area contributed by atoms with Crippen molar-refractivity contribution in [2.24, 2.45) is 5.92 Å². The highest BCUT2D eigenvalue weighted by Gasteiger charge is 2.20. The molecule has 4 nitrogen and oxygen atoms in total. The Balaban J connectivity index is 1.82. The molecule has 0 aliphatic carbocycles. The maximum Gasteiger partial charge on any atom is 0.227 e. The fourth-order valence-electron chi connectivity index (χ4n) is 2.01. The number of hydrogen-bond acceptors (Lipinski definition) is 4. The van der Waals surface area contributed by atoms with Crippen molar-refractivity contribution in [1.82, 2.24) is 15.5 Å². The van der Waals surface area contributed by atoms with Crippen LogP contribution in [0.1, 0.15) is 11.5 Å². The van der Waals surface area contributed by atoms with E-state index in [2.05, 4.69) is 28.4 Å². The first kappa shape index (κ1) is 10.5. The van der Waals surface area contributed by atoms with E-state index >= 15 is 0 Å². The van der Waals surface area contributed by atoms with Crippen LogP contribution in [-0.4, -0.2) is 23.2 Å². The first-order valence-corrected chi connectivity index (χ1v) is 5.92. The Bertz CT molecular complexity index is 517. The molecule has 88 valence electrons. The molecule has 1 aromatic carbocycles. The molecule has 3 rings (SSSR count). The summed E-state index contributed by atoms with van der Waals surface area (Å²) in [7, 11) is 0. The van der Waals surface area contributed by atoms with Crippen LogP contribution < -0.4 is 5.32 Å². The van der Waals surface area contributed by atoms with Crippen molar-refractivity contribution < 1.29 is 4.52 Å². The van der Waals surface area contributed by atoms with Crippen LogP contribution in [0.25, 0.3) is 11.4 Å². The normalized spacial score (nSPS) is 15.8. The zero-order valence-electron chi connectivity index (χ0n) is 9.81. The van der Waals surface area contributed by atoms with E-state index in [0.717, 1.165) is 31.0 Å². The number of nitrogens with one attached hydrogen (secondary N) is 1. The molecule has 1 aliphatic rings. The van der Waals surface area contributed by atoms with E-state index in [0.29, 0.717) is 11.7 Å². The molecule has 0 atom stereocenters. The summed E-state index contributed by atoms with van der Waals surface area (Å²) in [6.45, 7) is 4.17. The molecule has 1 N–H and O–H groups in total. The number of aryl methyl sites for hydroxylation is 1. The number of aromatic nitrogens is 2. The van der Waals surface area contributed by atoms with E-state index in [1.165, 1.54) is 5.56 Å². The van der Waals surface area contributed by atoms with Crippen LogP contribution in [0.3, 0.4) is 0 Å². The Kier molecular flexibility index (Phi) is 2.65. The van der Waals surface area contributed by atoms with E-state index in [4.69, 9.17) is 4.52 Å². The van der Waals surface area contributed by atoms with Crippen molar-refractivity contribution >= 4 is 0 Å². The van der Waals surface area contributed by atoms with Crippen molar-refractivity contribution in [3.05, 3.63) is 35.7 Å². The lowest BCUT2D eigenvalue weighted by Gasteiger charge is -2.25. The second-order valence-corrected chi connectivity index (χ2v) is 4.56. The molecule has 0 saturated carbocycles. The number of nitrogens with zero attached hydrogens (tertiary/aromatic N) is 2. The summed E-state index contributed by atoms with van der Waals surface area (Å²) in [6, 6.07) is 8.09. The molecule has 17 heavy (non-hydrogen) atoms. The highest BCUT2D eigenvalue weighted by atomic mass is 16.5. The van der Waals surface area contributed by atoms with Gasteiger partial charge in [-0.1, -0.05) is 29.4 Å². The molecule has 0 spiro atoms. The maximum atomic E-state index is 5.29. The van der Waals surface area contributed by atoms with Crippen molar-refractivity contribution in [3.8, 4) is 11.4 Å². The van der Waals surface area contributed by atoms with Crippen LogP contribution in [0.2, 0.25) is 0 Å². The first-order valence-electron chi connectivity index (χ1n) is 5.92. The molecule has 4 heteroatoms. The molecule has 1 fully saturated rings. The minimum atomic E-state index is 0.653. The Morgan fingerprint density at radius 2 is 2.18 bits per heavy atom. The Hall–Kier alpha value is -1.68. The van der Waals surface area contributed by atoms with Crippen LogP contribution in [0, 0.1) is 12.8 Å². The van der Waals surface area contributed by atoms with Gasteiger partial charge in [0.25, 0.3) is 0 Å². The highest BCUT2D eigenvalue weighted by molar-refractivity contribution is 5.58. The standard InChI is InChI=1S/C13H15N3O/c1-9-4-2-3-5-11(9)13-15-12(17-16-13)6-10-7-14-8-10/h2-5,10,14H,6-8H2,1H3. The van der Waals surface area contributed by atoms with Crippen molar-refractivity contribution in [2.75, 3.05) is 13.1 Å². The number of rotatable bonds is 3. The minimum Gasteiger partial charge on any atom is -0.339 e. The predicted molar refractivity (Wildman–Crippen MR) is 64.5 cm³/mol. The minimum absolute atomic E-state index is 0.653. The Morgan fingerprint density at radius 3 is 2.88 bits per heavy atom. The molecule has 1 aromatic heterocycles. The van der Waals surface area contributed by atoms with Gasteiger partial charge in [0.2, 0.25) is 11.7 Å². The molecular weight excluding hydrogens is 214 g/mol. The topological polar surface area (TPSA) is 51.0 Å². The van der Waals surface area contributed by atoms with E-state index in [1.807, 2.05) is 18.2 Å². The van der Waals surface area contributed by atoms with E-state index < -0.39 is 0 Å². The number of hydrogen-bond donors (Lipinski definition) is 1. The van der Waals surface area contributed by atoms with Crippen LogP contribution in [0.15, 0.2) is 28.8 Å². The van der Waals surface area contributed by atoms with Crippen molar-refractivity contribution in [2.45, 2.75) is 13.3 Å². The van der Waals surface area contributed by atoms with Crippen LogP contribution in [0.4, 0.5) is 0 Å². The molecule has 0 radical (unpaired) electrons. The summed E-state index contributed by atoms with van der Waals surface area (Å²) in [5.41, 5.74) is 2.22. The second kappa shape index (κ2) is 4.30. The summed E-state index contributed by atoms with van der Waals surface area (Å²) in [4.78, 5) is 4.46. The SMILES string of the molecule is Cc1ccccc1-c1noc(CC2CNC2)n1. The molecule has 0 unspecified atom stereocenters. The van der Waals surface area contributed by atoms with Crippen LogP contribution >= 0.6 is 0 Å². The van der Waals surface area contributed by atoms with E-state index in [-0.39, 0.29) is 0 Å². The quantitative estimate of drug-likeness (QED) is 0.872. The zero-order valence-corrected chi connectivity index (χ0v) is 9.81. The van der Waals surface area contributed by atoms with Gasteiger partial charge in [0.05, 0.1) is 0 Å². The van der Waals surface area contributed by atoms with Crippen molar-refractivity contribution in [3.63, 3.8) is 0 Å². The van der Waals surface area contributed by atoms with Gasteiger partial charge in [-0.05, 0) is 31.5 Å². The third kappa shape index (κ3) is 2.08. The molecule has 2 heterocycles. The third-order valence-electron chi connectivity index (χ3n) is 3.18. The second-order valence-electron chi connectivity index (χ2n) is 4.56. The van der Waals surface area contributed by atoms with E-state index in [1.54, 1.807) is 0 Å². The largest absolute Gasteiger partial charge is 0.339 e. The van der Waals surface area contributed by atoms with Crippen LogP contribution in [-0.2, 0) is 6.42 Å². The summed E-state index contributed by atoms with van der Waals surface area (Å²) in [5.74, 6) is 2.10. The molecule has 1 aliphatic heterocycles. The monoisotopic (exact) mass is 229 g/mol. The lowest BCUT2D eigenvalue weighted by atomic mass is 10.00. The molecule has 0 bridgehead atoms. The summed E-state index contributed by atoms with van der Waals surface area (Å²) in [6.07, 6.45) is 0.881. The van der Waals surface area contributed by atoms with Gasteiger partial charge < -0.3 is 9.84 Å². The van der Waals surface area contributed by atoms with Crippen LogP contribution in [0.5, 0.6) is 0 Å². The predicted octanol–water partition coefficient (Wildman–Crippen LogP) is 1.81. The van der Waals surface area contributed by atoms with Gasteiger partial charge in [-0.2, -0.15) is 4.98 Å². The Labute approximate surface area is 100 Å². The zero-order chi connectivity index (χ0) is 11.7. The lowest BCUT2D eigenvalue weighted by Crippen LogP contribution is -2.43. The van der Waals surface area contributed by atoms with Crippen molar-refractivity contribution in [1.29, 1.82) is 0 Å². The fraction of sp³-hybridized carbons (Fsp3) is 0.385. The molecule has 2 aromatic rings. The molecular formula is C13H15N3O. The Morgan fingerprint density at radius 1 is 1.35 bits per heavy atom. The van der Waals surface area contributed by atoms with Gasteiger partial charge in [-0.25, -0.2) is 0 Å². The lowest BCUT2D eigenvalue weighted by molar-refractivity contribution is 0.296. The summed E-state index contributed by atoms with van der Waals surface area (Å²) < 4.78 is 5.29. The van der Waals surface area contributed by atoms with E-state index in [9.17, 15) is 0 Å². The molecule has 0 amide bonds. The smallest absolute Gasteiger partial charge is 0.227 e. The fourth-order valence-corrected chi connectivity index (χ4v) is 2.01. The van der Waals surface area contributed by atoms with Gasteiger partial charge in [0, 0.05) is 12.0 Å². The maximum absolute atomic E-state index is 5.29. The number of benzene rings is 1. The summed E-state index contributed by atoms with van der Waals surface area (Å²) in [5, 5.41) is 7.29. The average molecular weight is 229 g/mol. The summed E-state index contributed by atoms with van der Waals surface area (Å²) >= 11 is 0. The average Bonchev–Trinajstić information content (AvgIpc) is 2.73. The van der Waals surface area contributed by atoms with Gasteiger partial charge >= 0.3 is 0 Å². The first-order chi connectivity index (χ1) is 8.33. The molecule has 1 saturated heterocycles. The van der Waals surface area contributed by atoms with Gasteiger partial charge in [0.1, 0.15) is 0 Å². The van der Waals surface area contributed by atoms with Gasteiger partial charge in [-0.15, -0.1) is 0 Å². The third-order valence-corrected chi connectivity index (χ3v) is 3.18. The van der Waals surface area contributed by atoms with Gasteiger partial charge in [0.15, 0.2) is 0 Å². The highest BCUT2D eigenvalue weighted by Crippen LogP contribution is 2.21.